The van der Waals surface area contributed by atoms with E-state index in [-0.39, 0.29) is 13.2 Å². The summed E-state index contributed by atoms with van der Waals surface area (Å²) in [6, 6.07) is 0. The lowest BCUT2D eigenvalue weighted by Gasteiger charge is -2.22. The van der Waals surface area contributed by atoms with Gasteiger partial charge in [0.25, 0.3) is 0 Å². The fourth-order valence-electron chi connectivity index (χ4n) is 1.17. The van der Waals surface area contributed by atoms with E-state index in [4.69, 9.17) is 5.73 Å². The molecule has 0 aliphatic carbocycles. The molecule has 0 radical (unpaired) electrons. The average molecular weight is 212 g/mol. The molecule has 1 amide bonds. The number of ether oxygens (including phenoxy) is 1. The number of halogens is 3. The van der Waals surface area contributed by atoms with Gasteiger partial charge in [-0.15, -0.1) is 0 Å². The second-order valence-electron chi connectivity index (χ2n) is 3.03. The first-order valence-electron chi connectivity index (χ1n) is 4.13. The van der Waals surface area contributed by atoms with Crippen LogP contribution in [0.15, 0.2) is 0 Å². The Morgan fingerprint density at radius 3 is 2.57 bits per heavy atom. The number of carbonyl (C=O) groups is 1. The SMILES string of the molecule is NCC(CN1CCOC1=O)C(F)(F)F. The molecule has 0 aromatic heterocycles. The predicted molar refractivity (Wildman–Crippen MR) is 41.5 cm³/mol. The van der Waals surface area contributed by atoms with Crippen LogP contribution in [0.25, 0.3) is 0 Å². The third-order valence-corrected chi connectivity index (χ3v) is 2.03. The Balaban J connectivity index is 2.52. The van der Waals surface area contributed by atoms with Crippen molar-refractivity contribution in [2.45, 2.75) is 6.18 Å². The first kappa shape index (κ1) is 11.1. The van der Waals surface area contributed by atoms with Crippen LogP contribution in [0.2, 0.25) is 0 Å². The highest BCUT2D eigenvalue weighted by Gasteiger charge is 2.41. The van der Waals surface area contributed by atoms with E-state index in [1.807, 2.05) is 0 Å². The zero-order valence-electron chi connectivity index (χ0n) is 7.38. The van der Waals surface area contributed by atoms with Gasteiger partial charge in [-0.2, -0.15) is 13.2 Å². The fourth-order valence-corrected chi connectivity index (χ4v) is 1.17. The number of nitrogens with zero attached hydrogens (tertiary/aromatic N) is 1. The standard InChI is InChI=1S/C7H11F3N2O2/c8-7(9,10)5(3-11)4-12-1-2-14-6(12)13/h5H,1-4,11H2. The molecule has 82 valence electrons. The number of nitrogens with two attached hydrogens (primary N) is 1. The van der Waals surface area contributed by atoms with Crippen molar-refractivity contribution in [3.8, 4) is 0 Å². The summed E-state index contributed by atoms with van der Waals surface area (Å²) in [7, 11) is 0. The highest BCUT2D eigenvalue weighted by atomic mass is 19.4. The molecule has 0 bridgehead atoms. The van der Waals surface area contributed by atoms with Crippen LogP contribution in [-0.2, 0) is 4.74 Å². The lowest BCUT2D eigenvalue weighted by atomic mass is 10.1. The molecule has 7 heteroatoms. The predicted octanol–water partition coefficient (Wildman–Crippen LogP) is 0.576. The van der Waals surface area contributed by atoms with E-state index in [0.717, 1.165) is 4.90 Å². The van der Waals surface area contributed by atoms with Crippen LogP contribution in [0.5, 0.6) is 0 Å². The molecule has 1 aliphatic rings. The largest absolute Gasteiger partial charge is 0.448 e. The molecule has 1 fully saturated rings. The topological polar surface area (TPSA) is 55.6 Å². The van der Waals surface area contributed by atoms with Crippen molar-refractivity contribution in [1.29, 1.82) is 0 Å². The van der Waals surface area contributed by atoms with Gasteiger partial charge >= 0.3 is 12.3 Å². The number of alkyl halides is 3. The average Bonchev–Trinajstić information content (AvgIpc) is 2.45. The summed E-state index contributed by atoms with van der Waals surface area (Å²) in [6.45, 7) is -0.592. The molecule has 1 aliphatic heterocycles. The first-order chi connectivity index (χ1) is 6.45. The van der Waals surface area contributed by atoms with E-state index in [0.29, 0.717) is 0 Å². The van der Waals surface area contributed by atoms with Gasteiger partial charge in [-0.25, -0.2) is 4.79 Å². The monoisotopic (exact) mass is 212 g/mol. The molecule has 0 saturated carbocycles. The Kier molecular flexibility index (Phi) is 3.20. The maximum atomic E-state index is 12.2. The number of cyclic esters (lactones) is 1. The van der Waals surface area contributed by atoms with Crippen molar-refractivity contribution in [1.82, 2.24) is 4.90 Å². The molecule has 4 nitrogen and oxygen atoms in total. The van der Waals surface area contributed by atoms with Crippen LogP contribution < -0.4 is 5.73 Å². The fraction of sp³-hybridized carbons (Fsp3) is 0.857. The Hall–Kier alpha value is -0.980. The van der Waals surface area contributed by atoms with Gasteiger partial charge in [0.05, 0.1) is 12.5 Å². The zero-order chi connectivity index (χ0) is 10.8. The van der Waals surface area contributed by atoms with Gasteiger partial charge in [-0.1, -0.05) is 0 Å². The van der Waals surface area contributed by atoms with Crippen molar-refractivity contribution >= 4 is 6.09 Å². The zero-order valence-corrected chi connectivity index (χ0v) is 7.38. The second-order valence-corrected chi connectivity index (χ2v) is 3.03. The Bertz CT molecular complexity index is 219. The minimum Gasteiger partial charge on any atom is -0.448 e. The highest BCUT2D eigenvalue weighted by molar-refractivity contribution is 5.69. The molecule has 1 unspecified atom stereocenters. The lowest BCUT2D eigenvalue weighted by Crippen LogP contribution is -2.41. The van der Waals surface area contributed by atoms with Crippen LogP contribution in [0.4, 0.5) is 18.0 Å². The number of rotatable bonds is 3. The summed E-state index contributed by atoms with van der Waals surface area (Å²) in [5.41, 5.74) is 4.98. The van der Waals surface area contributed by atoms with E-state index in [1.54, 1.807) is 0 Å². The lowest BCUT2D eigenvalue weighted by molar-refractivity contribution is -0.174. The van der Waals surface area contributed by atoms with Crippen molar-refractivity contribution in [3.05, 3.63) is 0 Å². The summed E-state index contributed by atoms with van der Waals surface area (Å²) in [5.74, 6) is -1.67. The summed E-state index contributed by atoms with van der Waals surface area (Å²) in [6.07, 6.45) is -5.06. The second kappa shape index (κ2) is 4.04. The first-order valence-corrected chi connectivity index (χ1v) is 4.13. The molecule has 1 saturated heterocycles. The van der Waals surface area contributed by atoms with Crippen molar-refractivity contribution in [3.63, 3.8) is 0 Å². The minimum absolute atomic E-state index is 0.147. The molecule has 1 heterocycles. The summed E-state index contributed by atoms with van der Waals surface area (Å²) >= 11 is 0. The van der Waals surface area contributed by atoms with Gasteiger partial charge in [0, 0.05) is 13.1 Å². The minimum atomic E-state index is -4.36. The quantitative estimate of drug-likeness (QED) is 0.744. The number of hydrogen-bond donors (Lipinski definition) is 1. The van der Waals surface area contributed by atoms with E-state index < -0.39 is 31.3 Å². The van der Waals surface area contributed by atoms with Gasteiger partial charge in [-0.05, 0) is 0 Å². The van der Waals surface area contributed by atoms with Gasteiger partial charge < -0.3 is 15.4 Å². The van der Waals surface area contributed by atoms with Crippen LogP contribution in [0, 0.1) is 5.92 Å². The molecule has 0 aromatic carbocycles. The Labute approximate surface area is 78.8 Å². The molecular formula is C7H11F3N2O2. The summed E-state index contributed by atoms with van der Waals surface area (Å²) < 4.78 is 41.2. The molecule has 1 rings (SSSR count). The van der Waals surface area contributed by atoms with Crippen LogP contribution >= 0.6 is 0 Å². The highest BCUT2D eigenvalue weighted by Crippen LogP contribution is 2.26. The van der Waals surface area contributed by atoms with Gasteiger partial charge in [0.15, 0.2) is 0 Å². The maximum Gasteiger partial charge on any atom is 0.409 e. The van der Waals surface area contributed by atoms with Gasteiger partial charge in [0.1, 0.15) is 6.61 Å². The number of carbonyl (C=O) groups excluding carboxylic acids is 1. The van der Waals surface area contributed by atoms with Crippen molar-refractivity contribution in [2.75, 3.05) is 26.2 Å². The third-order valence-electron chi connectivity index (χ3n) is 2.03. The third kappa shape index (κ3) is 2.50. The van der Waals surface area contributed by atoms with E-state index in [9.17, 15) is 18.0 Å². The smallest absolute Gasteiger partial charge is 0.409 e. The van der Waals surface area contributed by atoms with Crippen LogP contribution in [-0.4, -0.2) is 43.4 Å². The number of hydrogen-bond acceptors (Lipinski definition) is 3. The number of amides is 1. The molecule has 0 aromatic rings. The van der Waals surface area contributed by atoms with Crippen molar-refractivity contribution < 1.29 is 22.7 Å². The summed E-state index contributed by atoms with van der Waals surface area (Å²) in [4.78, 5) is 11.9. The van der Waals surface area contributed by atoms with Crippen LogP contribution in [0.1, 0.15) is 0 Å². The Morgan fingerprint density at radius 1 is 1.57 bits per heavy atom. The van der Waals surface area contributed by atoms with Gasteiger partial charge in [0.2, 0.25) is 0 Å². The molecule has 14 heavy (non-hydrogen) atoms. The van der Waals surface area contributed by atoms with Crippen molar-refractivity contribution in [2.24, 2.45) is 11.7 Å². The van der Waals surface area contributed by atoms with E-state index in [2.05, 4.69) is 4.74 Å². The van der Waals surface area contributed by atoms with Crippen LogP contribution in [0.3, 0.4) is 0 Å². The normalized spacial score (nSPS) is 19.7. The molecule has 2 N–H and O–H groups in total. The molecule has 0 spiro atoms. The van der Waals surface area contributed by atoms with Gasteiger partial charge in [-0.3, -0.25) is 0 Å². The summed E-state index contributed by atoms with van der Waals surface area (Å²) in [5, 5.41) is 0. The van der Waals surface area contributed by atoms with E-state index in [1.165, 1.54) is 0 Å². The maximum absolute atomic E-state index is 12.2. The Morgan fingerprint density at radius 2 is 2.21 bits per heavy atom. The van der Waals surface area contributed by atoms with E-state index >= 15 is 0 Å². The molecular weight excluding hydrogens is 201 g/mol. The molecule has 1 atom stereocenters.